The van der Waals surface area contributed by atoms with E-state index in [1.54, 1.807) is 6.20 Å². The van der Waals surface area contributed by atoms with Crippen molar-refractivity contribution < 1.29 is 4.74 Å². The molecule has 0 atom stereocenters. The molecule has 0 spiro atoms. The predicted octanol–water partition coefficient (Wildman–Crippen LogP) is 2.33. The molecule has 0 radical (unpaired) electrons. The van der Waals surface area contributed by atoms with E-state index in [1.807, 2.05) is 12.1 Å². The van der Waals surface area contributed by atoms with Crippen LogP contribution in [0.25, 0.3) is 0 Å². The molecule has 0 bridgehead atoms. The molecule has 1 rings (SSSR count). The van der Waals surface area contributed by atoms with Crippen LogP contribution in [0.2, 0.25) is 0 Å². The molecule has 1 aromatic heterocycles. The van der Waals surface area contributed by atoms with Crippen LogP contribution in [0.1, 0.15) is 31.7 Å². The van der Waals surface area contributed by atoms with E-state index >= 15 is 0 Å². The molecule has 0 saturated heterocycles. The van der Waals surface area contributed by atoms with Crippen molar-refractivity contribution in [2.75, 3.05) is 25.1 Å². The number of ether oxygens (including phenoxy) is 1. The first-order valence-corrected chi connectivity index (χ1v) is 6.73. The highest BCUT2D eigenvalue weighted by atomic mass is 32.1. The van der Waals surface area contributed by atoms with Gasteiger partial charge in [-0.1, -0.05) is 25.6 Å². The molecular weight excluding hydrogens is 246 g/mol. The van der Waals surface area contributed by atoms with Gasteiger partial charge in [-0.25, -0.2) is 4.98 Å². The molecule has 1 heterocycles. The molecular formula is C13H21N3OS. The van der Waals surface area contributed by atoms with Crippen molar-refractivity contribution in [3.8, 4) is 0 Å². The summed E-state index contributed by atoms with van der Waals surface area (Å²) < 4.78 is 5.48. The summed E-state index contributed by atoms with van der Waals surface area (Å²) in [7, 11) is 0. The fourth-order valence-corrected chi connectivity index (χ4v) is 1.64. The van der Waals surface area contributed by atoms with Gasteiger partial charge in [-0.15, -0.1) is 0 Å². The van der Waals surface area contributed by atoms with Gasteiger partial charge in [-0.2, -0.15) is 0 Å². The van der Waals surface area contributed by atoms with E-state index in [4.69, 9.17) is 22.7 Å². The number of nitrogens with one attached hydrogen (secondary N) is 1. The lowest BCUT2D eigenvalue weighted by atomic mass is 10.2. The molecule has 0 aromatic carbocycles. The van der Waals surface area contributed by atoms with Gasteiger partial charge in [0.1, 0.15) is 10.8 Å². The van der Waals surface area contributed by atoms with Gasteiger partial charge in [0, 0.05) is 26.0 Å². The fraction of sp³-hybridized carbons (Fsp3) is 0.538. The highest BCUT2D eigenvalue weighted by Crippen LogP contribution is 2.10. The molecule has 0 fully saturated rings. The average molecular weight is 267 g/mol. The molecule has 100 valence electrons. The Kier molecular flexibility index (Phi) is 7.29. The van der Waals surface area contributed by atoms with E-state index in [2.05, 4.69) is 17.2 Å². The first-order valence-electron chi connectivity index (χ1n) is 6.32. The maximum absolute atomic E-state index is 5.63. The van der Waals surface area contributed by atoms with Crippen LogP contribution in [0.5, 0.6) is 0 Å². The monoisotopic (exact) mass is 267 g/mol. The van der Waals surface area contributed by atoms with E-state index in [9.17, 15) is 0 Å². The first kappa shape index (κ1) is 14.9. The number of thiocarbonyl (C=S) groups is 1. The molecule has 0 amide bonds. The second-order valence-electron chi connectivity index (χ2n) is 4.01. The van der Waals surface area contributed by atoms with Crippen LogP contribution < -0.4 is 11.1 Å². The maximum Gasteiger partial charge on any atom is 0.136 e. The highest BCUT2D eigenvalue weighted by Gasteiger charge is 2.04. The Labute approximate surface area is 114 Å². The van der Waals surface area contributed by atoms with Crippen LogP contribution in [0.15, 0.2) is 18.3 Å². The minimum Gasteiger partial charge on any atom is -0.389 e. The minimum absolute atomic E-state index is 0.366. The van der Waals surface area contributed by atoms with Crippen LogP contribution in [-0.2, 0) is 4.74 Å². The Bertz CT molecular complexity index is 371. The number of nitrogens with zero attached hydrogens (tertiary/aromatic N) is 1. The number of unbranched alkanes of at least 4 members (excludes halogenated alkanes) is 1. The summed E-state index contributed by atoms with van der Waals surface area (Å²) in [6.45, 7) is 4.57. The number of hydrogen-bond acceptors (Lipinski definition) is 4. The SMILES string of the molecule is CCCCOCCCNc1ncccc1C(N)=S. The van der Waals surface area contributed by atoms with Gasteiger partial charge < -0.3 is 15.8 Å². The van der Waals surface area contributed by atoms with Crippen molar-refractivity contribution in [2.45, 2.75) is 26.2 Å². The molecule has 0 saturated carbocycles. The third-order valence-electron chi connectivity index (χ3n) is 2.47. The van der Waals surface area contributed by atoms with Crippen molar-refractivity contribution in [3.63, 3.8) is 0 Å². The van der Waals surface area contributed by atoms with Crippen molar-refractivity contribution in [1.29, 1.82) is 0 Å². The smallest absolute Gasteiger partial charge is 0.136 e. The summed E-state index contributed by atoms with van der Waals surface area (Å²) in [5.74, 6) is 0.749. The van der Waals surface area contributed by atoms with E-state index in [0.717, 1.165) is 44.0 Å². The van der Waals surface area contributed by atoms with E-state index in [-0.39, 0.29) is 0 Å². The van der Waals surface area contributed by atoms with Gasteiger partial charge >= 0.3 is 0 Å². The summed E-state index contributed by atoms with van der Waals surface area (Å²) in [6, 6.07) is 3.70. The second-order valence-corrected chi connectivity index (χ2v) is 4.45. The summed E-state index contributed by atoms with van der Waals surface area (Å²) >= 11 is 4.97. The lowest BCUT2D eigenvalue weighted by Crippen LogP contribution is -2.15. The molecule has 18 heavy (non-hydrogen) atoms. The number of pyridine rings is 1. The number of nitrogens with two attached hydrogens (primary N) is 1. The Morgan fingerprint density at radius 2 is 2.22 bits per heavy atom. The predicted molar refractivity (Wildman–Crippen MR) is 79.0 cm³/mol. The standard InChI is InChI=1S/C13H21N3OS/c1-2-3-9-17-10-5-8-16-13-11(12(14)18)6-4-7-15-13/h4,6-7H,2-3,5,8-10H2,1H3,(H2,14,18)(H,15,16). The van der Waals surface area contributed by atoms with Crippen LogP contribution in [0.3, 0.4) is 0 Å². The molecule has 0 aliphatic heterocycles. The van der Waals surface area contributed by atoms with Gasteiger partial charge in [-0.05, 0) is 25.0 Å². The summed E-state index contributed by atoms with van der Waals surface area (Å²) in [4.78, 5) is 4.59. The van der Waals surface area contributed by atoms with Crippen molar-refractivity contribution in [1.82, 2.24) is 4.98 Å². The van der Waals surface area contributed by atoms with Crippen molar-refractivity contribution >= 4 is 23.0 Å². The second kappa shape index (κ2) is 8.83. The van der Waals surface area contributed by atoms with Crippen LogP contribution >= 0.6 is 12.2 Å². The number of hydrogen-bond donors (Lipinski definition) is 2. The zero-order valence-electron chi connectivity index (χ0n) is 10.8. The van der Waals surface area contributed by atoms with Gasteiger partial charge in [0.2, 0.25) is 0 Å². The van der Waals surface area contributed by atoms with Gasteiger partial charge in [0.05, 0.1) is 5.56 Å². The van der Waals surface area contributed by atoms with Crippen LogP contribution in [-0.4, -0.2) is 29.7 Å². The Morgan fingerprint density at radius 3 is 2.94 bits per heavy atom. The first-order chi connectivity index (χ1) is 8.75. The Morgan fingerprint density at radius 1 is 1.44 bits per heavy atom. The quantitative estimate of drug-likeness (QED) is 0.531. The lowest BCUT2D eigenvalue weighted by molar-refractivity contribution is 0.131. The molecule has 3 N–H and O–H groups in total. The minimum atomic E-state index is 0.366. The Balaban J connectivity index is 2.25. The van der Waals surface area contributed by atoms with Gasteiger partial charge in [-0.3, -0.25) is 0 Å². The van der Waals surface area contributed by atoms with Crippen molar-refractivity contribution in [2.24, 2.45) is 5.73 Å². The highest BCUT2D eigenvalue weighted by molar-refractivity contribution is 7.80. The summed E-state index contributed by atoms with van der Waals surface area (Å²) in [6.07, 6.45) is 4.96. The number of aromatic nitrogens is 1. The van der Waals surface area contributed by atoms with Crippen molar-refractivity contribution in [3.05, 3.63) is 23.9 Å². The van der Waals surface area contributed by atoms with Crippen LogP contribution in [0.4, 0.5) is 5.82 Å². The third-order valence-corrected chi connectivity index (χ3v) is 2.69. The molecule has 4 nitrogen and oxygen atoms in total. The van der Waals surface area contributed by atoms with Gasteiger partial charge in [0.15, 0.2) is 0 Å². The Hall–Kier alpha value is -1.20. The van der Waals surface area contributed by atoms with Crippen LogP contribution in [0, 0.1) is 0 Å². The summed E-state index contributed by atoms with van der Waals surface area (Å²) in [5, 5.41) is 3.23. The molecule has 5 heteroatoms. The molecule has 0 aliphatic carbocycles. The largest absolute Gasteiger partial charge is 0.389 e. The lowest BCUT2D eigenvalue weighted by Gasteiger charge is -2.09. The summed E-state index contributed by atoms with van der Waals surface area (Å²) in [5.41, 5.74) is 6.42. The van der Waals surface area contributed by atoms with E-state index in [1.165, 1.54) is 6.42 Å². The average Bonchev–Trinajstić information content (AvgIpc) is 2.38. The zero-order chi connectivity index (χ0) is 13.2. The maximum atomic E-state index is 5.63. The third kappa shape index (κ3) is 5.42. The number of rotatable bonds is 9. The molecule has 0 aliphatic rings. The van der Waals surface area contributed by atoms with E-state index in [0.29, 0.717) is 4.99 Å². The normalized spacial score (nSPS) is 10.3. The van der Waals surface area contributed by atoms with Gasteiger partial charge in [0.25, 0.3) is 0 Å². The fourth-order valence-electron chi connectivity index (χ4n) is 1.47. The van der Waals surface area contributed by atoms with E-state index < -0.39 is 0 Å². The molecule has 0 unspecified atom stereocenters. The number of anilines is 1. The molecule has 1 aromatic rings. The topological polar surface area (TPSA) is 60.2 Å². The zero-order valence-corrected chi connectivity index (χ0v) is 11.6.